The summed E-state index contributed by atoms with van der Waals surface area (Å²) in [5, 5.41) is 0. The summed E-state index contributed by atoms with van der Waals surface area (Å²) >= 11 is 0. The molecule has 66 valence electrons. The van der Waals surface area contributed by atoms with Gasteiger partial charge < -0.3 is 0 Å². The molecule has 0 aliphatic carbocycles. The van der Waals surface area contributed by atoms with Gasteiger partial charge in [0.25, 0.3) is 0 Å². The van der Waals surface area contributed by atoms with Crippen molar-refractivity contribution >= 4 is 0 Å². The molecule has 0 saturated heterocycles. The van der Waals surface area contributed by atoms with Gasteiger partial charge in [-0.3, -0.25) is 0 Å². The summed E-state index contributed by atoms with van der Waals surface area (Å²) in [5.41, 5.74) is 2.81. The second-order valence-electron chi connectivity index (χ2n) is 3.12. The molecule has 1 aromatic heterocycles. The lowest BCUT2D eigenvalue weighted by atomic mass is 10.0. The van der Waals surface area contributed by atoms with Gasteiger partial charge in [0, 0.05) is 6.07 Å². The van der Waals surface area contributed by atoms with Gasteiger partial charge in [0.05, 0.1) is 19.4 Å². The van der Waals surface area contributed by atoms with Crippen molar-refractivity contribution in [1.29, 1.82) is 0 Å². The average molecular weight is 165 g/mol. The van der Waals surface area contributed by atoms with Gasteiger partial charge in [-0.2, -0.15) is 0 Å². The lowest BCUT2D eigenvalue weighted by Crippen LogP contribution is -1.95. The van der Waals surface area contributed by atoms with Crippen molar-refractivity contribution in [3.05, 3.63) is 28.7 Å². The zero-order valence-corrected chi connectivity index (χ0v) is 8.40. The van der Waals surface area contributed by atoms with Gasteiger partial charge in [-0.1, -0.05) is 13.8 Å². The molecule has 1 nitrogen and oxygen atoms in total. The van der Waals surface area contributed by atoms with E-state index in [0.29, 0.717) is 0 Å². The van der Waals surface area contributed by atoms with Crippen LogP contribution in [-0.4, -0.2) is 0 Å². The van der Waals surface area contributed by atoms with E-state index >= 15 is 0 Å². The second-order valence-corrected chi connectivity index (χ2v) is 3.12. The molecule has 0 aliphatic heterocycles. The van der Waals surface area contributed by atoms with Crippen molar-refractivity contribution < 1.29 is 4.42 Å². The molecular formula is C11H17O+. The minimum atomic E-state index is 1.02. The highest BCUT2D eigenvalue weighted by Gasteiger charge is 2.14. The summed E-state index contributed by atoms with van der Waals surface area (Å²) in [6.07, 6.45) is 2.17. The molecule has 0 amide bonds. The molecule has 0 fully saturated rings. The highest BCUT2D eigenvalue weighted by Crippen LogP contribution is 2.17. The van der Waals surface area contributed by atoms with Gasteiger partial charge in [-0.25, -0.2) is 4.42 Å². The van der Waals surface area contributed by atoms with Gasteiger partial charge in [-0.05, 0) is 18.4 Å². The van der Waals surface area contributed by atoms with Crippen molar-refractivity contribution in [1.82, 2.24) is 0 Å². The van der Waals surface area contributed by atoms with Gasteiger partial charge >= 0.3 is 11.5 Å². The average Bonchev–Trinajstić information content (AvgIpc) is 2.03. The van der Waals surface area contributed by atoms with Crippen LogP contribution in [0.5, 0.6) is 0 Å². The Labute approximate surface area is 74.4 Å². The number of hydrogen-bond acceptors (Lipinski definition) is 0. The molecule has 12 heavy (non-hydrogen) atoms. The molecule has 0 bridgehead atoms. The van der Waals surface area contributed by atoms with Crippen LogP contribution in [0.25, 0.3) is 0 Å². The molecule has 0 N–H and O–H groups in total. The van der Waals surface area contributed by atoms with Crippen LogP contribution in [-0.2, 0) is 12.8 Å². The predicted octanol–water partition coefficient (Wildman–Crippen LogP) is 3.30. The summed E-state index contributed by atoms with van der Waals surface area (Å²) in [6.45, 7) is 8.41. The lowest BCUT2D eigenvalue weighted by Gasteiger charge is -2.01. The van der Waals surface area contributed by atoms with E-state index in [9.17, 15) is 0 Å². The first-order valence-corrected chi connectivity index (χ1v) is 4.61. The first-order valence-electron chi connectivity index (χ1n) is 4.61. The third kappa shape index (κ3) is 1.66. The Balaban J connectivity index is 3.24. The zero-order valence-electron chi connectivity index (χ0n) is 8.40. The van der Waals surface area contributed by atoms with E-state index in [1.165, 1.54) is 11.1 Å². The molecule has 0 atom stereocenters. The minimum absolute atomic E-state index is 1.02. The topological polar surface area (TPSA) is 11.3 Å². The van der Waals surface area contributed by atoms with Gasteiger partial charge in [0.1, 0.15) is 0 Å². The third-order valence-electron chi connectivity index (χ3n) is 2.24. The molecule has 1 heterocycles. The molecule has 1 aromatic rings. The van der Waals surface area contributed by atoms with E-state index in [-0.39, 0.29) is 0 Å². The van der Waals surface area contributed by atoms with Crippen LogP contribution in [0.3, 0.4) is 0 Å². The Morgan fingerprint density at radius 3 is 2.33 bits per heavy atom. The summed E-state index contributed by atoms with van der Waals surface area (Å²) < 4.78 is 5.54. The Kier molecular flexibility index (Phi) is 2.85. The van der Waals surface area contributed by atoms with Crippen molar-refractivity contribution in [2.24, 2.45) is 0 Å². The Morgan fingerprint density at radius 2 is 1.83 bits per heavy atom. The van der Waals surface area contributed by atoms with E-state index in [4.69, 9.17) is 4.42 Å². The van der Waals surface area contributed by atoms with Crippen molar-refractivity contribution in [3.8, 4) is 0 Å². The molecule has 0 saturated carbocycles. The largest absolute Gasteiger partial charge is 0.329 e. The van der Waals surface area contributed by atoms with Crippen LogP contribution < -0.4 is 0 Å². The van der Waals surface area contributed by atoms with Crippen LogP contribution in [0.1, 0.15) is 36.5 Å². The SMILES string of the molecule is CCc1cc(C)[o+]c(C)c1CC. The summed E-state index contributed by atoms with van der Waals surface area (Å²) in [7, 11) is 0. The number of aryl methyl sites for hydroxylation is 3. The van der Waals surface area contributed by atoms with Crippen molar-refractivity contribution in [2.75, 3.05) is 0 Å². The molecule has 0 aliphatic rings. The van der Waals surface area contributed by atoms with E-state index in [1.807, 2.05) is 13.8 Å². The summed E-state index contributed by atoms with van der Waals surface area (Å²) in [6, 6.07) is 2.14. The fraction of sp³-hybridized carbons (Fsp3) is 0.545. The molecular weight excluding hydrogens is 148 g/mol. The first kappa shape index (κ1) is 9.24. The van der Waals surface area contributed by atoms with Crippen LogP contribution in [0.15, 0.2) is 10.5 Å². The maximum Gasteiger partial charge on any atom is 0.329 e. The fourth-order valence-electron chi connectivity index (χ4n) is 1.68. The molecule has 1 heteroatoms. The van der Waals surface area contributed by atoms with E-state index in [0.717, 1.165) is 24.4 Å². The van der Waals surface area contributed by atoms with Gasteiger partial charge in [0.15, 0.2) is 0 Å². The maximum absolute atomic E-state index is 5.54. The monoisotopic (exact) mass is 165 g/mol. The minimum Gasteiger partial charge on any atom is -0.218 e. The quantitative estimate of drug-likeness (QED) is 0.612. The Hall–Kier alpha value is -0.850. The molecule has 0 unspecified atom stereocenters. The first-order chi connectivity index (χ1) is 5.69. The standard InChI is InChI=1S/C11H17O/c1-5-10-7-8(3)12-9(4)11(10)6-2/h7H,5-6H2,1-4H3/q+1. The van der Waals surface area contributed by atoms with E-state index < -0.39 is 0 Å². The van der Waals surface area contributed by atoms with Crippen LogP contribution in [0, 0.1) is 13.8 Å². The molecule has 0 radical (unpaired) electrons. The van der Waals surface area contributed by atoms with Crippen LogP contribution in [0.4, 0.5) is 0 Å². The Morgan fingerprint density at radius 1 is 1.17 bits per heavy atom. The highest BCUT2D eigenvalue weighted by atomic mass is 16.3. The van der Waals surface area contributed by atoms with Crippen LogP contribution >= 0.6 is 0 Å². The predicted molar refractivity (Wildman–Crippen MR) is 51.3 cm³/mol. The second kappa shape index (κ2) is 3.70. The zero-order chi connectivity index (χ0) is 9.14. The van der Waals surface area contributed by atoms with Crippen molar-refractivity contribution in [3.63, 3.8) is 0 Å². The van der Waals surface area contributed by atoms with Gasteiger partial charge in [-0.15, -0.1) is 0 Å². The Bertz CT molecular complexity index is 277. The van der Waals surface area contributed by atoms with E-state index in [2.05, 4.69) is 19.9 Å². The van der Waals surface area contributed by atoms with Crippen molar-refractivity contribution in [2.45, 2.75) is 40.5 Å². The fourth-order valence-corrected chi connectivity index (χ4v) is 1.68. The maximum atomic E-state index is 5.54. The molecule has 1 rings (SSSR count). The highest BCUT2D eigenvalue weighted by molar-refractivity contribution is 5.29. The number of rotatable bonds is 2. The van der Waals surface area contributed by atoms with E-state index in [1.54, 1.807) is 0 Å². The third-order valence-corrected chi connectivity index (χ3v) is 2.24. The summed E-state index contributed by atoms with van der Waals surface area (Å²) in [4.78, 5) is 0. The number of hydrogen-bond donors (Lipinski definition) is 0. The molecule has 0 aromatic carbocycles. The van der Waals surface area contributed by atoms with Crippen LogP contribution in [0.2, 0.25) is 0 Å². The molecule has 0 spiro atoms. The van der Waals surface area contributed by atoms with Gasteiger partial charge in [0.2, 0.25) is 0 Å². The lowest BCUT2D eigenvalue weighted by molar-refractivity contribution is 0.476. The summed E-state index contributed by atoms with van der Waals surface area (Å²) in [5.74, 6) is 2.09. The smallest absolute Gasteiger partial charge is 0.218 e. The normalized spacial score (nSPS) is 10.3.